The lowest BCUT2D eigenvalue weighted by molar-refractivity contribution is -0.389. The summed E-state index contributed by atoms with van der Waals surface area (Å²) in [5, 5.41) is 19.0. The number of thiophene rings is 1. The van der Waals surface area contributed by atoms with Gasteiger partial charge < -0.3 is 15.4 Å². The van der Waals surface area contributed by atoms with Crippen LogP contribution in [0.1, 0.15) is 20.9 Å². The van der Waals surface area contributed by atoms with Gasteiger partial charge in [0.2, 0.25) is 0 Å². The number of carbonyl (C=O) groups is 1. The minimum absolute atomic E-state index is 0.0783. The van der Waals surface area contributed by atoms with Crippen molar-refractivity contribution in [1.29, 1.82) is 0 Å². The third-order valence-electron chi connectivity index (χ3n) is 3.54. The largest absolute Gasteiger partial charge is 0.390 e. The standard InChI is InChI=1S/C16H12ClFN4O3S/c1-9-4-15(22(24)25)20-21(9)7-10-5-14(26-8-10)16(23)19-11-2-3-13(18)12(17)6-11/h2-6,8H,7H2,1H3,(H,19,23). The SMILES string of the molecule is Cc1cc([N+](=O)[O-])nn1Cc1csc(C(=O)Nc2ccc(F)c(Cl)c2)c1. The summed E-state index contributed by atoms with van der Waals surface area (Å²) < 4.78 is 14.7. The summed E-state index contributed by atoms with van der Waals surface area (Å²) >= 11 is 6.92. The van der Waals surface area contributed by atoms with E-state index < -0.39 is 10.7 Å². The lowest BCUT2D eigenvalue weighted by atomic mass is 10.2. The zero-order chi connectivity index (χ0) is 18.8. The van der Waals surface area contributed by atoms with Crippen molar-refractivity contribution in [2.24, 2.45) is 0 Å². The molecule has 0 radical (unpaired) electrons. The van der Waals surface area contributed by atoms with Crippen LogP contribution in [0.4, 0.5) is 15.9 Å². The molecular weight excluding hydrogens is 383 g/mol. The number of carbonyl (C=O) groups excluding carboxylic acids is 1. The summed E-state index contributed by atoms with van der Waals surface area (Å²) in [6.45, 7) is 2.03. The van der Waals surface area contributed by atoms with Crippen LogP contribution in [-0.2, 0) is 6.54 Å². The fraction of sp³-hybridized carbons (Fsp3) is 0.125. The van der Waals surface area contributed by atoms with E-state index in [4.69, 9.17) is 11.6 Å². The Morgan fingerprint density at radius 1 is 1.42 bits per heavy atom. The first-order valence-corrected chi connectivity index (χ1v) is 8.62. The first-order chi connectivity index (χ1) is 12.3. The molecule has 0 aliphatic carbocycles. The van der Waals surface area contributed by atoms with Crippen LogP contribution in [0.3, 0.4) is 0 Å². The summed E-state index contributed by atoms with van der Waals surface area (Å²) in [5.74, 6) is -1.14. The highest BCUT2D eigenvalue weighted by atomic mass is 35.5. The van der Waals surface area contributed by atoms with Gasteiger partial charge in [0.15, 0.2) is 0 Å². The van der Waals surface area contributed by atoms with E-state index in [0.717, 1.165) is 5.56 Å². The Hall–Kier alpha value is -2.78. The molecule has 0 spiro atoms. The molecular formula is C16H12ClFN4O3S. The molecule has 0 aliphatic heterocycles. The van der Waals surface area contributed by atoms with E-state index in [1.54, 1.807) is 18.4 Å². The smallest absolute Gasteiger partial charge is 0.358 e. The Labute approximate surface area is 156 Å². The molecule has 1 N–H and O–H groups in total. The van der Waals surface area contributed by atoms with Crippen LogP contribution in [0.15, 0.2) is 35.7 Å². The molecule has 134 valence electrons. The van der Waals surface area contributed by atoms with E-state index in [1.807, 2.05) is 0 Å². The van der Waals surface area contributed by atoms with E-state index in [9.17, 15) is 19.3 Å². The number of rotatable bonds is 5. The number of halogens is 2. The second-order valence-corrected chi connectivity index (χ2v) is 6.78. The predicted molar refractivity (Wildman–Crippen MR) is 96.4 cm³/mol. The van der Waals surface area contributed by atoms with Crippen molar-refractivity contribution in [2.75, 3.05) is 5.32 Å². The van der Waals surface area contributed by atoms with Gasteiger partial charge >= 0.3 is 5.82 Å². The molecule has 3 aromatic rings. The fourth-order valence-corrected chi connectivity index (χ4v) is 3.24. The van der Waals surface area contributed by atoms with Crippen molar-refractivity contribution in [3.05, 3.63) is 72.8 Å². The monoisotopic (exact) mass is 394 g/mol. The van der Waals surface area contributed by atoms with Crippen molar-refractivity contribution in [3.63, 3.8) is 0 Å². The van der Waals surface area contributed by atoms with E-state index in [0.29, 0.717) is 22.8 Å². The minimum atomic E-state index is -0.563. The van der Waals surface area contributed by atoms with Crippen LogP contribution in [-0.4, -0.2) is 20.6 Å². The Kier molecular flexibility index (Phi) is 5.01. The zero-order valence-corrected chi connectivity index (χ0v) is 15.0. The Morgan fingerprint density at radius 3 is 2.85 bits per heavy atom. The van der Waals surface area contributed by atoms with Gasteiger partial charge in [-0.3, -0.25) is 4.79 Å². The molecule has 1 amide bonds. The number of aromatic nitrogens is 2. The normalized spacial score (nSPS) is 10.7. The van der Waals surface area contributed by atoms with Gasteiger partial charge in [-0.2, -0.15) is 4.68 Å². The van der Waals surface area contributed by atoms with Crippen LogP contribution in [0, 0.1) is 22.9 Å². The molecule has 0 bridgehead atoms. The van der Waals surface area contributed by atoms with Gasteiger partial charge in [-0.05, 0) is 47.1 Å². The molecule has 10 heteroatoms. The molecule has 3 rings (SSSR count). The molecule has 0 fully saturated rings. The summed E-state index contributed by atoms with van der Waals surface area (Å²) in [6, 6.07) is 6.98. The van der Waals surface area contributed by atoms with Crippen LogP contribution in [0.25, 0.3) is 0 Å². The van der Waals surface area contributed by atoms with Gasteiger partial charge in [0.05, 0.1) is 33.3 Å². The molecule has 0 saturated heterocycles. The molecule has 1 aromatic carbocycles. The lowest BCUT2D eigenvalue weighted by Gasteiger charge is -2.04. The molecule has 0 unspecified atom stereocenters. The molecule has 26 heavy (non-hydrogen) atoms. The van der Waals surface area contributed by atoms with E-state index in [-0.39, 0.29) is 16.7 Å². The fourth-order valence-electron chi connectivity index (χ4n) is 2.26. The van der Waals surface area contributed by atoms with Crippen molar-refractivity contribution in [2.45, 2.75) is 13.5 Å². The van der Waals surface area contributed by atoms with Gasteiger partial charge in [-0.25, -0.2) is 4.39 Å². The third kappa shape index (κ3) is 3.89. The molecule has 0 atom stereocenters. The second kappa shape index (κ2) is 7.22. The first kappa shape index (κ1) is 18.0. The number of benzene rings is 1. The highest BCUT2D eigenvalue weighted by Gasteiger charge is 2.17. The average Bonchev–Trinajstić information content (AvgIpc) is 3.19. The molecule has 2 heterocycles. The second-order valence-electron chi connectivity index (χ2n) is 5.46. The molecule has 7 nitrogen and oxygen atoms in total. The maximum absolute atomic E-state index is 13.2. The van der Waals surface area contributed by atoms with Crippen LogP contribution in [0.5, 0.6) is 0 Å². The average molecular weight is 395 g/mol. The molecule has 2 aromatic heterocycles. The number of anilines is 1. The first-order valence-electron chi connectivity index (χ1n) is 7.36. The number of amides is 1. The zero-order valence-electron chi connectivity index (χ0n) is 13.4. The van der Waals surface area contributed by atoms with E-state index >= 15 is 0 Å². The number of nitrogens with one attached hydrogen (secondary N) is 1. The van der Waals surface area contributed by atoms with E-state index in [1.165, 1.54) is 40.3 Å². The summed E-state index contributed by atoms with van der Waals surface area (Å²) in [4.78, 5) is 23.0. The van der Waals surface area contributed by atoms with Gasteiger partial charge in [-0.1, -0.05) is 11.6 Å². The number of hydrogen-bond acceptors (Lipinski definition) is 5. The van der Waals surface area contributed by atoms with Crippen LogP contribution < -0.4 is 5.32 Å². The lowest BCUT2D eigenvalue weighted by Crippen LogP contribution is -2.10. The number of nitrogens with zero attached hydrogens (tertiary/aromatic N) is 3. The summed E-state index contributed by atoms with van der Waals surface area (Å²) in [5.41, 5.74) is 1.82. The topological polar surface area (TPSA) is 90.1 Å². The number of aryl methyl sites for hydroxylation is 1. The highest BCUT2D eigenvalue weighted by Crippen LogP contribution is 2.22. The highest BCUT2D eigenvalue weighted by molar-refractivity contribution is 7.12. The van der Waals surface area contributed by atoms with Gasteiger partial charge in [0.1, 0.15) is 5.82 Å². The summed E-state index contributed by atoms with van der Waals surface area (Å²) in [6.07, 6.45) is 0. The van der Waals surface area contributed by atoms with Crippen LogP contribution in [0.2, 0.25) is 5.02 Å². The Balaban J connectivity index is 1.71. The molecule has 0 saturated carbocycles. The van der Waals surface area contributed by atoms with E-state index in [2.05, 4.69) is 10.4 Å². The predicted octanol–water partition coefficient (Wildman–Crippen LogP) is 4.25. The number of hydrogen-bond donors (Lipinski definition) is 1. The van der Waals surface area contributed by atoms with Crippen molar-refractivity contribution in [1.82, 2.24) is 9.78 Å². The van der Waals surface area contributed by atoms with Crippen molar-refractivity contribution >= 4 is 40.4 Å². The minimum Gasteiger partial charge on any atom is -0.358 e. The maximum Gasteiger partial charge on any atom is 0.390 e. The van der Waals surface area contributed by atoms with Gasteiger partial charge in [0.25, 0.3) is 5.91 Å². The Bertz CT molecular complexity index is 1000. The van der Waals surface area contributed by atoms with Crippen LogP contribution >= 0.6 is 22.9 Å². The Morgan fingerprint density at radius 2 is 2.19 bits per heavy atom. The van der Waals surface area contributed by atoms with Crippen molar-refractivity contribution < 1.29 is 14.1 Å². The van der Waals surface area contributed by atoms with Gasteiger partial charge in [0, 0.05) is 5.69 Å². The maximum atomic E-state index is 13.2. The molecule has 0 aliphatic rings. The van der Waals surface area contributed by atoms with Crippen molar-refractivity contribution in [3.8, 4) is 0 Å². The third-order valence-corrected chi connectivity index (χ3v) is 4.81. The summed E-state index contributed by atoms with van der Waals surface area (Å²) in [7, 11) is 0. The quantitative estimate of drug-likeness (QED) is 0.517. The van der Waals surface area contributed by atoms with Gasteiger partial charge in [-0.15, -0.1) is 11.3 Å². The number of nitro groups is 1.